The highest BCUT2D eigenvalue weighted by Crippen LogP contribution is 2.47. The zero-order valence-corrected chi connectivity index (χ0v) is 18.0. The summed E-state index contributed by atoms with van der Waals surface area (Å²) < 4.78 is 10.4. The van der Waals surface area contributed by atoms with E-state index in [0.717, 1.165) is 12.0 Å². The van der Waals surface area contributed by atoms with Crippen LogP contribution in [0.15, 0.2) is 42.5 Å². The van der Waals surface area contributed by atoms with Crippen LogP contribution >= 0.6 is 0 Å². The zero-order valence-electron chi connectivity index (χ0n) is 18.0. The van der Waals surface area contributed by atoms with Gasteiger partial charge in [0.25, 0.3) is 0 Å². The molecule has 3 N–H and O–H groups in total. The molecule has 160 valence electrons. The van der Waals surface area contributed by atoms with Gasteiger partial charge in [-0.05, 0) is 41.0 Å². The molecule has 2 atom stereocenters. The molecule has 1 aliphatic carbocycles. The van der Waals surface area contributed by atoms with Crippen LogP contribution in [0.2, 0.25) is 0 Å². The average Bonchev–Trinajstić information content (AvgIpc) is 3.53. The molecule has 0 aliphatic heterocycles. The number of anilines is 1. The van der Waals surface area contributed by atoms with Crippen molar-refractivity contribution in [1.29, 1.82) is 0 Å². The second-order valence-electron chi connectivity index (χ2n) is 8.46. The summed E-state index contributed by atoms with van der Waals surface area (Å²) in [6, 6.07) is 12.9. The summed E-state index contributed by atoms with van der Waals surface area (Å²) in [5.74, 6) is 0.918. The molecule has 0 bridgehead atoms. The van der Waals surface area contributed by atoms with Crippen molar-refractivity contribution in [3.63, 3.8) is 0 Å². The molecule has 0 heterocycles. The Morgan fingerprint density at radius 3 is 2.27 bits per heavy atom. The fraction of sp³-hybridized carbons (Fsp3) is 0.391. The molecule has 0 spiro atoms. The highest BCUT2D eigenvalue weighted by molar-refractivity contribution is 5.93. The summed E-state index contributed by atoms with van der Waals surface area (Å²) in [7, 11) is 3.05. The van der Waals surface area contributed by atoms with Crippen LogP contribution in [0.25, 0.3) is 0 Å². The van der Waals surface area contributed by atoms with Gasteiger partial charge >= 0.3 is 6.03 Å². The van der Waals surface area contributed by atoms with Gasteiger partial charge in [-0.3, -0.25) is 10.2 Å². The fourth-order valence-corrected chi connectivity index (χ4v) is 3.35. The molecule has 3 rings (SSSR count). The lowest BCUT2D eigenvalue weighted by molar-refractivity contribution is -0.123. The van der Waals surface area contributed by atoms with E-state index >= 15 is 0 Å². The molecule has 2 aromatic rings. The Bertz CT molecular complexity index is 919. The molecule has 30 heavy (non-hydrogen) atoms. The molecular formula is C23H29N3O4. The van der Waals surface area contributed by atoms with Gasteiger partial charge in [0.15, 0.2) is 0 Å². The number of rotatable bonds is 5. The van der Waals surface area contributed by atoms with E-state index < -0.39 is 6.03 Å². The molecule has 3 amide bonds. The zero-order chi connectivity index (χ0) is 21.9. The van der Waals surface area contributed by atoms with E-state index in [2.05, 4.69) is 61.2 Å². The van der Waals surface area contributed by atoms with E-state index in [-0.39, 0.29) is 23.2 Å². The van der Waals surface area contributed by atoms with Crippen molar-refractivity contribution in [3.8, 4) is 11.5 Å². The first-order chi connectivity index (χ1) is 14.2. The summed E-state index contributed by atoms with van der Waals surface area (Å²) in [6.45, 7) is 6.52. The maximum atomic E-state index is 12.4. The number of methoxy groups -OCH3 is 2. The minimum atomic E-state index is -0.557. The van der Waals surface area contributed by atoms with Gasteiger partial charge in [-0.2, -0.15) is 0 Å². The first-order valence-electron chi connectivity index (χ1n) is 9.92. The predicted molar refractivity (Wildman–Crippen MR) is 116 cm³/mol. The van der Waals surface area contributed by atoms with Crippen molar-refractivity contribution in [2.24, 2.45) is 5.92 Å². The van der Waals surface area contributed by atoms with Crippen LogP contribution in [0.5, 0.6) is 11.5 Å². The highest BCUT2D eigenvalue weighted by Gasteiger charge is 2.44. The number of carbonyl (C=O) groups excluding carboxylic acids is 2. The maximum Gasteiger partial charge on any atom is 0.338 e. The number of hydrazine groups is 1. The minimum absolute atomic E-state index is 0.0999. The molecule has 1 saturated carbocycles. The molecule has 7 nitrogen and oxygen atoms in total. The Hall–Kier alpha value is -3.22. The quantitative estimate of drug-likeness (QED) is 0.650. The maximum absolute atomic E-state index is 12.4. The standard InChI is InChI=1S/C23H29N3O4/c1-23(2,3)15-8-6-14(7-9-15)17-13-18(17)21(27)25-26-22(28)24-19-11-10-16(29-4)12-20(19)30-5/h6-12,17-18H,13H2,1-5H3,(H,25,27)(H2,24,26,28). The predicted octanol–water partition coefficient (Wildman–Crippen LogP) is 3.96. The third-order valence-electron chi connectivity index (χ3n) is 5.29. The van der Waals surface area contributed by atoms with Gasteiger partial charge in [0, 0.05) is 12.0 Å². The summed E-state index contributed by atoms with van der Waals surface area (Å²) in [6.07, 6.45) is 0.774. The molecule has 0 radical (unpaired) electrons. The number of amides is 3. The number of carbonyl (C=O) groups is 2. The Labute approximate surface area is 177 Å². The number of benzene rings is 2. The highest BCUT2D eigenvalue weighted by atomic mass is 16.5. The number of hydrogen-bond acceptors (Lipinski definition) is 4. The molecule has 0 saturated heterocycles. The summed E-state index contributed by atoms with van der Waals surface area (Å²) in [5, 5.41) is 2.65. The van der Waals surface area contributed by atoms with Gasteiger partial charge in [-0.15, -0.1) is 0 Å². The first-order valence-corrected chi connectivity index (χ1v) is 9.92. The third-order valence-corrected chi connectivity index (χ3v) is 5.29. The normalized spacial score (nSPS) is 17.6. The lowest BCUT2D eigenvalue weighted by Crippen LogP contribution is -2.44. The van der Waals surface area contributed by atoms with E-state index in [1.54, 1.807) is 25.3 Å². The van der Waals surface area contributed by atoms with Crippen molar-refractivity contribution >= 4 is 17.6 Å². The van der Waals surface area contributed by atoms with Crippen LogP contribution in [0, 0.1) is 5.92 Å². The molecule has 0 aromatic heterocycles. The van der Waals surface area contributed by atoms with Crippen molar-refractivity contribution in [3.05, 3.63) is 53.6 Å². The lowest BCUT2D eigenvalue weighted by atomic mass is 9.86. The second-order valence-corrected chi connectivity index (χ2v) is 8.46. The van der Waals surface area contributed by atoms with Crippen molar-refractivity contribution in [1.82, 2.24) is 10.9 Å². The summed E-state index contributed by atoms with van der Waals surface area (Å²) >= 11 is 0. The number of nitrogens with one attached hydrogen (secondary N) is 3. The molecular weight excluding hydrogens is 382 g/mol. The average molecular weight is 412 g/mol. The number of hydrogen-bond donors (Lipinski definition) is 3. The van der Waals surface area contributed by atoms with E-state index in [1.165, 1.54) is 12.7 Å². The van der Waals surface area contributed by atoms with Crippen LogP contribution in [-0.2, 0) is 10.2 Å². The van der Waals surface area contributed by atoms with Crippen molar-refractivity contribution < 1.29 is 19.1 Å². The van der Waals surface area contributed by atoms with Crippen LogP contribution < -0.4 is 25.6 Å². The molecule has 7 heteroatoms. The molecule has 1 aliphatic rings. The fourth-order valence-electron chi connectivity index (χ4n) is 3.35. The lowest BCUT2D eigenvalue weighted by Gasteiger charge is -2.19. The van der Waals surface area contributed by atoms with Crippen LogP contribution in [-0.4, -0.2) is 26.2 Å². The Morgan fingerprint density at radius 1 is 0.967 bits per heavy atom. The van der Waals surface area contributed by atoms with Gasteiger partial charge in [0.2, 0.25) is 5.91 Å². The van der Waals surface area contributed by atoms with Gasteiger partial charge in [-0.1, -0.05) is 45.0 Å². The van der Waals surface area contributed by atoms with Crippen molar-refractivity contribution in [2.75, 3.05) is 19.5 Å². The first kappa shape index (κ1) is 21.5. The van der Waals surface area contributed by atoms with Crippen molar-refractivity contribution in [2.45, 2.75) is 38.5 Å². The topological polar surface area (TPSA) is 88.7 Å². The van der Waals surface area contributed by atoms with Crippen LogP contribution in [0.3, 0.4) is 0 Å². The second kappa shape index (κ2) is 8.65. The van der Waals surface area contributed by atoms with Crippen LogP contribution in [0.1, 0.15) is 44.2 Å². The Balaban J connectivity index is 1.50. The Morgan fingerprint density at radius 2 is 1.67 bits per heavy atom. The van der Waals surface area contributed by atoms with E-state index in [4.69, 9.17) is 9.47 Å². The SMILES string of the molecule is COc1ccc(NC(=O)NNC(=O)C2CC2c2ccc(C(C)(C)C)cc2)c(OC)c1. The minimum Gasteiger partial charge on any atom is -0.497 e. The monoisotopic (exact) mass is 411 g/mol. The molecule has 2 aromatic carbocycles. The van der Waals surface area contributed by atoms with E-state index in [0.29, 0.717) is 17.2 Å². The van der Waals surface area contributed by atoms with Crippen LogP contribution in [0.4, 0.5) is 10.5 Å². The van der Waals surface area contributed by atoms with Gasteiger partial charge in [0.1, 0.15) is 11.5 Å². The number of urea groups is 1. The van der Waals surface area contributed by atoms with E-state index in [1.807, 2.05) is 0 Å². The third kappa shape index (κ3) is 5.03. The number of ether oxygens (including phenoxy) is 2. The smallest absolute Gasteiger partial charge is 0.338 e. The van der Waals surface area contributed by atoms with Gasteiger partial charge in [0.05, 0.1) is 19.9 Å². The largest absolute Gasteiger partial charge is 0.497 e. The summed E-state index contributed by atoms with van der Waals surface area (Å²) in [4.78, 5) is 24.5. The summed E-state index contributed by atoms with van der Waals surface area (Å²) in [5.41, 5.74) is 7.87. The molecule has 2 unspecified atom stereocenters. The van der Waals surface area contributed by atoms with Gasteiger partial charge < -0.3 is 14.8 Å². The Kier molecular flexibility index (Phi) is 6.20. The molecule has 1 fully saturated rings. The van der Waals surface area contributed by atoms with E-state index in [9.17, 15) is 9.59 Å². The van der Waals surface area contributed by atoms with Gasteiger partial charge in [-0.25, -0.2) is 10.2 Å².